The quantitative estimate of drug-likeness (QED) is 0.657. The van der Waals surface area contributed by atoms with E-state index in [-0.39, 0.29) is 11.5 Å². The summed E-state index contributed by atoms with van der Waals surface area (Å²) in [5.74, 6) is 0.353. The highest BCUT2D eigenvalue weighted by Crippen LogP contribution is 2.44. The smallest absolute Gasteiger partial charge is 0.161 e. The largest absolute Gasteiger partial charge is 0.504 e. The van der Waals surface area contributed by atoms with Crippen LogP contribution >= 0.6 is 0 Å². The highest BCUT2D eigenvalue weighted by molar-refractivity contribution is 5.60. The van der Waals surface area contributed by atoms with Gasteiger partial charge in [-0.15, -0.1) is 0 Å². The minimum atomic E-state index is 0.176. The van der Waals surface area contributed by atoms with Gasteiger partial charge in [0.2, 0.25) is 0 Å². The molecule has 0 aromatic heterocycles. The first-order valence-corrected chi connectivity index (χ1v) is 6.36. The Bertz CT molecular complexity index is 394. The lowest BCUT2D eigenvalue weighted by atomic mass is 9.79. The molecule has 0 heterocycles. The Morgan fingerprint density at radius 3 is 1.19 bits per heavy atom. The molecule has 0 bridgehead atoms. The molecule has 0 unspecified atom stereocenters. The first-order chi connectivity index (χ1) is 7.79. The Hall–Kier alpha value is -1.18. The lowest BCUT2D eigenvalue weighted by Gasteiger charge is -2.27. The number of benzene rings is 1. The summed E-state index contributed by atoms with van der Waals surface area (Å²) < 4.78 is 0. The Labute approximate surface area is 95.9 Å². The Morgan fingerprint density at radius 1 is 0.500 bits per heavy atom. The van der Waals surface area contributed by atoms with E-state index in [1.54, 1.807) is 0 Å². The van der Waals surface area contributed by atoms with Crippen LogP contribution in [0.15, 0.2) is 0 Å². The Balaban J connectivity index is 2.25. The molecule has 86 valence electrons. The van der Waals surface area contributed by atoms with E-state index in [9.17, 15) is 10.2 Å². The summed E-state index contributed by atoms with van der Waals surface area (Å²) >= 11 is 0. The highest BCUT2D eigenvalue weighted by Gasteiger charge is 2.26. The van der Waals surface area contributed by atoms with Gasteiger partial charge < -0.3 is 10.2 Å². The number of hydrogen-bond donors (Lipinski definition) is 2. The molecule has 3 rings (SSSR count). The van der Waals surface area contributed by atoms with Crippen molar-refractivity contribution in [1.29, 1.82) is 0 Å². The van der Waals surface area contributed by atoms with Gasteiger partial charge in [0.15, 0.2) is 11.5 Å². The molecule has 2 aliphatic carbocycles. The number of fused-ring (bicyclic) bond motifs is 3. The van der Waals surface area contributed by atoms with Crippen LogP contribution in [0.2, 0.25) is 0 Å². The van der Waals surface area contributed by atoms with E-state index < -0.39 is 0 Å². The minimum Gasteiger partial charge on any atom is -0.504 e. The average Bonchev–Trinajstić information content (AvgIpc) is 2.36. The molecule has 2 heteroatoms. The van der Waals surface area contributed by atoms with Crippen molar-refractivity contribution in [1.82, 2.24) is 0 Å². The van der Waals surface area contributed by atoms with E-state index in [2.05, 4.69) is 0 Å². The van der Waals surface area contributed by atoms with Crippen molar-refractivity contribution in [3.8, 4) is 11.5 Å². The van der Waals surface area contributed by atoms with E-state index in [1.165, 1.54) is 24.0 Å². The molecule has 0 atom stereocenters. The summed E-state index contributed by atoms with van der Waals surface area (Å²) in [6, 6.07) is 0. The summed E-state index contributed by atoms with van der Waals surface area (Å²) in [5.41, 5.74) is 4.78. The van der Waals surface area contributed by atoms with Crippen molar-refractivity contribution >= 4 is 0 Å². The zero-order valence-electron chi connectivity index (χ0n) is 9.55. The van der Waals surface area contributed by atoms with Crippen LogP contribution in [0.4, 0.5) is 0 Å². The van der Waals surface area contributed by atoms with Crippen molar-refractivity contribution in [3.05, 3.63) is 22.3 Å². The average molecular weight is 218 g/mol. The van der Waals surface area contributed by atoms with Gasteiger partial charge >= 0.3 is 0 Å². The van der Waals surface area contributed by atoms with Crippen molar-refractivity contribution in [2.75, 3.05) is 0 Å². The zero-order chi connectivity index (χ0) is 11.1. The molecular weight excluding hydrogens is 200 g/mol. The molecule has 1 aromatic rings. The van der Waals surface area contributed by atoms with E-state index in [0.29, 0.717) is 0 Å². The third-order valence-corrected chi connectivity index (χ3v) is 4.10. The SMILES string of the molecule is Oc1c(O)c2c(c3c1CCCC3)CCCC2. The van der Waals surface area contributed by atoms with Crippen molar-refractivity contribution in [3.63, 3.8) is 0 Å². The van der Waals surface area contributed by atoms with Crippen molar-refractivity contribution < 1.29 is 10.2 Å². The molecule has 1 aromatic carbocycles. The Kier molecular flexibility index (Phi) is 2.31. The summed E-state index contributed by atoms with van der Waals surface area (Å²) in [6.07, 6.45) is 8.77. The van der Waals surface area contributed by atoms with Gasteiger partial charge in [-0.05, 0) is 62.5 Å². The molecular formula is C14H18O2. The van der Waals surface area contributed by atoms with E-state index in [4.69, 9.17) is 0 Å². The maximum absolute atomic E-state index is 10.0. The first kappa shape index (κ1) is 10.0. The molecule has 2 aliphatic rings. The molecule has 0 spiro atoms. The fourth-order valence-electron chi connectivity index (χ4n) is 3.29. The third-order valence-electron chi connectivity index (χ3n) is 4.10. The predicted molar refractivity (Wildman–Crippen MR) is 63.1 cm³/mol. The van der Waals surface area contributed by atoms with Gasteiger partial charge in [-0.2, -0.15) is 0 Å². The molecule has 0 saturated heterocycles. The van der Waals surface area contributed by atoms with Gasteiger partial charge in [-0.1, -0.05) is 0 Å². The number of phenolic OH excluding ortho intramolecular Hbond substituents is 2. The number of aromatic hydroxyl groups is 2. The summed E-state index contributed by atoms with van der Waals surface area (Å²) in [6.45, 7) is 0. The molecule has 0 aliphatic heterocycles. The van der Waals surface area contributed by atoms with Crippen molar-refractivity contribution in [2.45, 2.75) is 51.4 Å². The second-order valence-electron chi connectivity index (χ2n) is 5.03. The van der Waals surface area contributed by atoms with Crippen LogP contribution in [0.3, 0.4) is 0 Å². The van der Waals surface area contributed by atoms with Crippen molar-refractivity contribution in [2.24, 2.45) is 0 Å². The predicted octanol–water partition coefficient (Wildman–Crippen LogP) is 2.86. The van der Waals surface area contributed by atoms with E-state index in [0.717, 1.165) is 49.7 Å². The normalized spacial score (nSPS) is 19.0. The van der Waals surface area contributed by atoms with Crippen LogP contribution in [-0.4, -0.2) is 10.2 Å². The molecule has 2 N–H and O–H groups in total. The van der Waals surface area contributed by atoms with Gasteiger partial charge in [0.05, 0.1) is 0 Å². The maximum atomic E-state index is 10.0. The molecule has 16 heavy (non-hydrogen) atoms. The lowest BCUT2D eigenvalue weighted by molar-refractivity contribution is 0.388. The lowest BCUT2D eigenvalue weighted by Crippen LogP contribution is -2.13. The first-order valence-electron chi connectivity index (χ1n) is 6.36. The van der Waals surface area contributed by atoms with Crippen LogP contribution < -0.4 is 0 Å². The second-order valence-corrected chi connectivity index (χ2v) is 5.03. The monoisotopic (exact) mass is 218 g/mol. The van der Waals surface area contributed by atoms with Crippen LogP contribution in [-0.2, 0) is 25.7 Å². The molecule has 0 saturated carbocycles. The number of rotatable bonds is 0. The zero-order valence-corrected chi connectivity index (χ0v) is 9.55. The molecule has 0 radical (unpaired) electrons. The summed E-state index contributed by atoms with van der Waals surface area (Å²) in [7, 11) is 0. The highest BCUT2D eigenvalue weighted by atomic mass is 16.3. The minimum absolute atomic E-state index is 0.176. The van der Waals surface area contributed by atoms with Crippen LogP contribution in [0.25, 0.3) is 0 Å². The Morgan fingerprint density at radius 2 is 0.812 bits per heavy atom. The third kappa shape index (κ3) is 1.32. The van der Waals surface area contributed by atoms with Gasteiger partial charge in [-0.3, -0.25) is 0 Å². The van der Waals surface area contributed by atoms with Crippen LogP contribution in [0, 0.1) is 0 Å². The molecule has 0 fully saturated rings. The van der Waals surface area contributed by atoms with Crippen LogP contribution in [0.5, 0.6) is 11.5 Å². The molecule has 0 amide bonds. The molecule has 2 nitrogen and oxygen atoms in total. The number of hydrogen-bond acceptors (Lipinski definition) is 2. The maximum Gasteiger partial charge on any atom is 0.161 e. The van der Waals surface area contributed by atoms with Gasteiger partial charge in [0.1, 0.15) is 0 Å². The summed E-state index contributed by atoms with van der Waals surface area (Å²) in [5, 5.41) is 20.1. The second kappa shape index (κ2) is 3.69. The summed E-state index contributed by atoms with van der Waals surface area (Å²) in [4.78, 5) is 0. The fourth-order valence-corrected chi connectivity index (χ4v) is 3.29. The topological polar surface area (TPSA) is 40.5 Å². The van der Waals surface area contributed by atoms with Gasteiger partial charge in [0.25, 0.3) is 0 Å². The van der Waals surface area contributed by atoms with Gasteiger partial charge in [-0.25, -0.2) is 0 Å². The fraction of sp³-hybridized carbons (Fsp3) is 0.571. The standard InChI is InChI=1S/C14H18O2/c15-13-11-7-3-1-5-9(11)10-6-2-4-8-12(10)14(13)16/h15-16H,1-8H2. The van der Waals surface area contributed by atoms with E-state index >= 15 is 0 Å². The number of phenols is 2. The van der Waals surface area contributed by atoms with E-state index in [1.807, 2.05) is 0 Å². The van der Waals surface area contributed by atoms with Crippen LogP contribution in [0.1, 0.15) is 47.9 Å². The van der Waals surface area contributed by atoms with Gasteiger partial charge in [0, 0.05) is 11.1 Å².